The predicted molar refractivity (Wildman–Crippen MR) is 312 cm³/mol. The molecule has 0 unspecified atom stereocenters. The third kappa shape index (κ3) is 10.9. The highest BCUT2D eigenvalue weighted by atomic mass is 15.2. The van der Waals surface area contributed by atoms with Crippen LogP contribution in [0, 0.1) is 0 Å². The van der Waals surface area contributed by atoms with Crippen LogP contribution >= 0.6 is 0 Å². The molecule has 0 amide bonds. The summed E-state index contributed by atoms with van der Waals surface area (Å²) in [6.07, 6.45) is 8.63. The molecule has 0 bridgehead atoms. The Bertz CT molecular complexity index is 3300. The first kappa shape index (κ1) is 45.7. The number of anilines is 9. The summed E-state index contributed by atoms with van der Waals surface area (Å²) < 4.78 is 0. The van der Waals surface area contributed by atoms with Crippen molar-refractivity contribution in [3.63, 3.8) is 0 Å². The van der Waals surface area contributed by atoms with Gasteiger partial charge in [-0.05, 0) is 154 Å². The molecule has 0 aliphatic rings. The second-order valence-electron chi connectivity index (χ2n) is 17.9. The summed E-state index contributed by atoms with van der Waals surface area (Å²) in [4.78, 5) is 6.94. The Kier molecular flexibility index (Phi) is 13.7. The van der Waals surface area contributed by atoms with Gasteiger partial charge in [-0.2, -0.15) is 0 Å². The molecular weight excluding hydrogens is 883 g/mol. The van der Waals surface area contributed by atoms with Crippen molar-refractivity contribution in [1.82, 2.24) is 0 Å². The van der Waals surface area contributed by atoms with Crippen LogP contribution in [0.15, 0.2) is 297 Å². The van der Waals surface area contributed by atoms with Crippen molar-refractivity contribution in [1.29, 1.82) is 0 Å². The van der Waals surface area contributed by atoms with E-state index in [-0.39, 0.29) is 0 Å². The Balaban J connectivity index is 0.814. The Morgan fingerprint density at radius 1 is 0.151 bits per heavy atom. The van der Waals surface area contributed by atoms with E-state index in [0.29, 0.717) is 0 Å². The molecule has 0 saturated heterocycles. The lowest BCUT2D eigenvalue weighted by atomic mass is 10.0. The maximum absolute atomic E-state index is 2.32. The van der Waals surface area contributed by atoms with E-state index in [1.165, 1.54) is 11.1 Å². The van der Waals surface area contributed by atoms with Gasteiger partial charge in [0.2, 0.25) is 0 Å². The third-order valence-electron chi connectivity index (χ3n) is 13.1. The monoisotopic (exact) mass is 935 g/mol. The molecule has 0 aliphatic carbocycles. The molecule has 3 nitrogen and oxygen atoms in total. The van der Waals surface area contributed by atoms with E-state index in [1.807, 2.05) is 12.1 Å². The molecule has 0 atom stereocenters. The van der Waals surface area contributed by atoms with Crippen molar-refractivity contribution in [2.75, 3.05) is 14.7 Å². The summed E-state index contributed by atoms with van der Waals surface area (Å²) in [6, 6.07) is 106. The quantitative estimate of drug-likeness (QED) is 0.0949. The molecule has 11 aromatic rings. The van der Waals surface area contributed by atoms with Crippen LogP contribution in [0.25, 0.3) is 46.6 Å². The van der Waals surface area contributed by atoms with Crippen molar-refractivity contribution in [2.45, 2.75) is 0 Å². The van der Waals surface area contributed by atoms with E-state index in [2.05, 4.69) is 324 Å². The molecule has 11 rings (SSSR count). The molecule has 3 heteroatoms. The smallest absolute Gasteiger partial charge is 0.0462 e. The summed E-state index contributed by atoms with van der Waals surface area (Å²) >= 11 is 0. The maximum Gasteiger partial charge on any atom is 0.0462 e. The van der Waals surface area contributed by atoms with Gasteiger partial charge in [0.1, 0.15) is 0 Å². The normalized spacial score (nSPS) is 11.2. The molecule has 0 N–H and O–H groups in total. The minimum atomic E-state index is 1.09. The van der Waals surface area contributed by atoms with Crippen LogP contribution in [-0.4, -0.2) is 0 Å². The Morgan fingerprint density at radius 2 is 0.315 bits per heavy atom. The first-order chi connectivity index (χ1) is 36.2. The maximum atomic E-state index is 2.32. The minimum Gasteiger partial charge on any atom is -0.311 e. The van der Waals surface area contributed by atoms with E-state index in [1.54, 1.807) is 0 Å². The summed E-state index contributed by atoms with van der Waals surface area (Å²) in [5.41, 5.74) is 19.2. The van der Waals surface area contributed by atoms with Crippen LogP contribution in [0.4, 0.5) is 51.2 Å². The van der Waals surface area contributed by atoms with Crippen LogP contribution in [0.3, 0.4) is 0 Å². The third-order valence-corrected chi connectivity index (χ3v) is 13.1. The summed E-state index contributed by atoms with van der Waals surface area (Å²) in [7, 11) is 0. The average molecular weight is 936 g/mol. The van der Waals surface area contributed by atoms with Gasteiger partial charge in [-0.15, -0.1) is 0 Å². The largest absolute Gasteiger partial charge is 0.311 e. The molecule has 0 spiro atoms. The molecule has 348 valence electrons. The molecule has 11 aromatic carbocycles. The lowest BCUT2D eigenvalue weighted by Gasteiger charge is -2.26. The molecule has 0 saturated carbocycles. The topological polar surface area (TPSA) is 9.72 Å². The van der Waals surface area contributed by atoms with E-state index in [9.17, 15) is 0 Å². The first-order valence-electron chi connectivity index (χ1n) is 24.8. The standard InChI is InChI=1S/C70H53N3/c1-6-16-54(17-7-1)26-28-56-30-42-65(43-31-56)71(62-20-10-3-11-21-62)67-46-34-58(35-47-67)60-38-50-69(51-39-60)73(64-24-14-5-15-25-64)70-52-40-61(41-53-70)59-36-48-68(49-37-59)72(63-22-12-4-13-23-63)66-44-32-57(33-45-66)29-27-55-18-8-2-9-19-55/h1-53H. The number of nitrogens with zero attached hydrogens (tertiary/aromatic N) is 3. The van der Waals surface area contributed by atoms with Gasteiger partial charge in [-0.1, -0.05) is 212 Å². The highest BCUT2D eigenvalue weighted by Gasteiger charge is 2.16. The van der Waals surface area contributed by atoms with Gasteiger partial charge in [0.05, 0.1) is 0 Å². The number of hydrogen-bond acceptors (Lipinski definition) is 3. The molecular formula is C70H53N3. The minimum absolute atomic E-state index is 1.09. The van der Waals surface area contributed by atoms with E-state index in [4.69, 9.17) is 0 Å². The SMILES string of the molecule is C(=Cc1ccc(N(c2ccccc2)c2ccc(-c3ccc(N(c4ccccc4)c4ccc(-c5ccc(N(c6ccccc6)c6ccc(C=Cc7ccccc7)cc6)cc5)cc4)cc3)cc2)cc1)c1ccccc1. The lowest BCUT2D eigenvalue weighted by molar-refractivity contribution is 1.28. The molecule has 0 aliphatic heterocycles. The molecule has 0 radical (unpaired) electrons. The fourth-order valence-corrected chi connectivity index (χ4v) is 9.27. The highest BCUT2D eigenvalue weighted by molar-refractivity contribution is 5.84. The zero-order chi connectivity index (χ0) is 49.0. The van der Waals surface area contributed by atoms with Gasteiger partial charge in [0.25, 0.3) is 0 Å². The molecule has 0 aromatic heterocycles. The lowest BCUT2D eigenvalue weighted by Crippen LogP contribution is -2.10. The van der Waals surface area contributed by atoms with Gasteiger partial charge in [-0.25, -0.2) is 0 Å². The number of rotatable bonds is 15. The number of hydrogen-bond donors (Lipinski definition) is 0. The Morgan fingerprint density at radius 3 is 0.534 bits per heavy atom. The molecule has 73 heavy (non-hydrogen) atoms. The van der Waals surface area contributed by atoms with Gasteiger partial charge >= 0.3 is 0 Å². The van der Waals surface area contributed by atoms with E-state index < -0.39 is 0 Å². The Labute approximate surface area is 429 Å². The summed E-state index contributed by atoms with van der Waals surface area (Å²) in [5.74, 6) is 0. The fraction of sp³-hybridized carbons (Fsp3) is 0. The second-order valence-corrected chi connectivity index (χ2v) is 17.9. The molecule has 0 heterocycles. The highest BCUT2D eigenvalue weighted by Crippen LogP contribution is 2.40. The van der Waals surface area contributed by atoms with E-state index in [0.717, 1.165) is 84.6 Å². The zero-order valence-electron chi connectivity index (χ0n) is 40.4. The molecule has 0 fully saturated rings. The van der Waals surface area contributed by atoms with Crippen LogP contribution in [0.2, 0.25) is 0 Å². The van der Waals surface area contributed by atoms with Crippen LogP contribution in [-0.2, 0) is 0 Å². The average Bonchev–Trinajstić information content (AvgIpc) is 3.47. The van der Waals surface area contributed by atoms with Crippen LogP contribution in [0.5, 0.6) is 0 Å². The van der Waals surface area contributed by atoms with E-state index >= 15 is 0 Å². The Hall–Kier alpha value is -9.70. The van der Waals surface area contributed by atoms with Crippen LogP contribution < -0.4 is 14.7 Å². The fourth-order valence-electron chi connectivity index (χ4n) is 9.27. The van der Waals surface area contributed by atoms with Crippen LogP contribution in [0.1, 0.15) is 22.3 Å². The van der Waals surface area contributed by atoms with Crippen molar-refractivity contribution in [3.05, 3.63) is 320 Å². The van der Waals surface area contributed by atoms with Gasteiger partial charge in [0, 0.05) is 51.2 Å². The van der Waals surface area contributed by atoms with Gasteiger partial charge < -0.3 is 14.7 Å². The van der Waals surface area contributed by atoms with Crippen molar-refractivity contribution < 1.29 is 0 Å². The predicted octanol–water partition coefficient (Wildman–Crippen LogP) is 19.8. The number of benzene rings is 11. The van der Waals surface area contributed by atoms with Crippen molar-refractivity contribution >= 4 is 75.5 Å². The summed E-state index contributed by atoms with van der Waals surface area (Å²) in [5, 5.41) is 0. The first-order valence-corrected chi connectivity index (χ1v) is 24.8. The summed E-state index contributed by atoms with van der Waals surface area (Å²) in [6.45, 7) is 0. The van der Waals surface area contributed by atoms with Gasteiger partial charge in [-0.3, -0.25) is 0 Å². The van der Waals surface area contributed by atoms with Gasteiger partial charge in [0.15, 0.2) is 0 Å². The van der Waals surface area contributed by atoms with Crippen molar-refractivity contribution in [2.24, 2.45) is 0 Å². The number of para-hydroxylation sites is 3. The second kappa shape index (κ2) is 21.9. The van der Waals surface area contributed by atoms with Crippen molar-refractivity contribution in [3.8, 4) is 22.3 Å². The zero-order valence-corrected chi connectivity index (χ0v) is 40.4.